The summed E-state index contributed by atoms with van der Waals surface area (Å²) in [4.78, 5) is 7.67. The van der Waals surface area contributed by atoms with Crippen molar-refractivity contribution in [3.63, 3.8) is 0 Å². The third-order valence-corrected chi connectivity index (χ3v) is 3.85. The minimum Gasteiger partial charge on any atom is -0.296 e. The highest BCUT2D eigenvalue weighted by Crippen LogP contribution is 2.39. The van der Waals surface area contributed by atoms with E-state index in [9.17, 15) is 26.3 Å². The average molecular weight is 392 g/mol. The summed E-state index contributed by atoms with van der Waals surface area (Å²) in [5.74, 6) is 0. The average Bonchev–Trinajstić information content (AvgIpc) is 3.02. The number of hydrogen-bond acceptors (Lipinski definition) is 2. The number of halogens is 7. The molecule has 0 spiro atoms. The predicted molar refractivity (Wildman–Crippen MR) is 81.8 cm³/mol. The Hall–Kier alpha value is -2.55. The van der Waals surface area contributed by atoms with Crippen molar-refractivity contribution in [1.29, 1.82) is 0 Å². The number of alkyl halides is 6. The summed E-state index contributed by atoms with van der Waals surface area (Å²) in [6, 6.07) is 2.77. The Morgan fingerprint density at radius 3 is 2.00 bits per heavy atom. The van der Waals surface area contributed by atoms with Gasteiger partial charge in [0.05, 0.1) is 46.3 Å². The molecule has 2 heterocycles. The molecule has 0 saturated heterocycles. The predicted octanol–water partition coefficient (Wildman–Crippen LogP) is 5.63. The number of rotatable bonds is 2. The van der Waals surface area contributed by atoms with Crippen LogP contribution in [-0.4, -0.2) is 14.5 Å². The van der Waals surface area contributed by atoms with Gasteiger partial charge in [-0.1, -0.05) is 11.6 Å². The van der Waals surface area contributed by atoms with E-state index in [2.05, 4.69) is 9.97 Å². The fourth-order valence-corrected chi connectivity index (χ4v) is 2.55. The van der Waals surface area contributed by atoms with E-state index in [0.29, 0.717) is 12.1 Å². The van der Waals surface area contributed by atoms with Crippen LogP contribution in [0.15, 0.2) is 49.2 Å². The van der Waals surface area contributed by atoms with Crippen molar-refractivity contribution in [3.05, 3.63) is 65.3 Å². The summed E-state index contributed by atoms with van der Waals surface area (Å²) < 4.78 is 79.5. The molecule has 0 amide bonds. The zero-order valence-corrected chi connectivity index (χ0v) is 13.4. The van der Waals surface area contributed by atoms with Gasteiger partial charge in [-0.15, -0.1) is 0 Å². The molecule has 0 atom stereocenters. The van der Waals surface area contributed by atoms with Crippen LogP contribution in [0.1, 0.15) is 11.1 Å². The van der Waals surface area contributed by atoms with Crippen LogP contribution in [0.3, 0.4) is 0 Å². The summed E-state index contributed by atoms with van der Waals surface area (Å²) in [6.07, 6.45) is -4.77. The van der Waals surface area contributed by atoms with Crippen molar-refractivity contribution >= 4 is 11.6 Å². The third-order valence-electron chi connectivity index (χ3n) is 3.53. The van der Waals surface area contributed by atoms with Crippen LogP contribution >= 0.6 is 11.6 Å². The minimum absolute atomic E-state index is 0.0106. The molecular weight excluding hydrogens is 384 g/mol. The van der Waals surface area contributed by atoms with E-state index in [0.717, 1.165) is 6.20 Å². The normalized spacial score (nSPS) is 12.4. The first-order valence-electron chi connectivity index (χ1n) is 6.99. The highest BCUT2D eigenvalue weighted by Gasteiger charge is 2.37. The first-order chi connectivity index (χ1) is 12.1. The van der Waals surface area contributed by atoms with E-state index in [1.165, 1.54) is 29.4 Å². The molecule has 3 aromatic rings. The van der Waals surface area contributed by atoms with Crippen LogP contribution in [0.25, 0.3) is 16.9 Å². The van der Waals surface area contributed by atoms with Gasteiger partial charge in [-0.05, 0) is 24.3 Å². The molecule has 0 unspecified atom stereocenters. The lowest BCUT2D eigenvalue weighted by Crippen LogP contribution is -2.11. The van der Waals surface area contributed by atoms with Gasteiger partial charge in [0.25, 0.3) is 0 Å². The van der Waals surface area contributed by atoms with Crippen LogP contribution < -0.4 is 0 Å². The third kappa shape index (κ3) is 3.52. The number of aromatic nitrogens is 3. The van der Waals surface area contributed by atoms with Crippen LogP contribution in [0.2, 0.25) is 5.02 Å². The Morgan fingerprint density at radius 2 is 1.46 bits per heavy atom. The van der Waals surface area contributed by atoms with Gasteiger partial charge in [-0.2, -0.15) is 26.3 Å². The van der Waals surface area contributed by atoms with E-state index >= 15 is 0 Å². The molecular formula is C16H8ClF6N3. The standard InChI is InChI=1S/C16H8ClF6N3/c17-12-1-2-24-7-14(12)26-8-25-6-13(26)9-3-10(15(18,19)20)5-11(4-9)16(21,22)23/h1-8H. The Morgan fingerprint density at radius 1 is 0.846 bits per heavy atom. The van der Waals surface area contributed by atoms with Crippen molar-refractivity contribution in [2.24, 2.45) is 0 Å². The molecule has 0 saturated carbocycles. The van der Waals surface area contributed by atoms with Crippen molar-refractivity contribution in [1.82, 2.24) is 14.5 Å². The lowest BCUT2D eigenvalue weighted by atomic mass is 10.0. The summed E-state index contributed by atoms with van der Waals surface area (Å²) in [6.45, 7) is 0. The number of nitrogens with zero attached hydrogens (tertiary/aromatic N) is 3. The number of benzene rings is 1. The van der Waals surface area contributed by atoms with E-state index in [4.69, 9.17) is 11.6 Å². The van der Waals surface area contributed by atoms with Crippen LogP contribution in [0, 0.1) is 0 Å². The van der Waals surface area contributed by atoms with Gasteiger partial charge in [0.1, 0.15) is 0 Å². The largest absolute Gasteiger partial charge is 0.416 e. The first kappa shape index (κ1) is 18.2. The summed E-state index contributed by atoms with van der Waals surface area (Å²) >= 11 is 6.03. The molecule has 0 bridgehead atoms. The van der Waals surface area contributed by atoms with Crippen molar-refractivity contribution in [2.45, 2.75) is 12.4 Å². The minimum atomic E-state index is -4.94. The highest BCUT2D eigenvalue weighted by molar-refractivity contribution is 6.32. The maximum absolute atomic E-state index is 13.0. The summed E-state index contributed by atoms with van der Waals surface area (Å²) in [5.41, 5.74) is -2.84. The second-order valence-electron chi connectivity index (χ2n) is 5.27. The van der Waals surface area contributed by atoms with Gasteiger partial charge in [0.2, 0.25) is 0 Å². The maximum Gasteiger partial charge on any atom is 0.416 e. The Labute approximate surface area is 147 Å². The molecule has 3 nitrogen and oxygen atoms in total. The second-order valence-corrected chi connectivity index (χ2v) is 5.68. The molecule has 1 aromatic carbocycles. The molecule has 2 aromatic heterocycles. The van der Waals surface area contributed by atoms with Gasteiger partial charge in [-0.3, -0.25) is 9.55 Å². The molecule has 0 aliphatic heterocycles. The smallest absolute Gasteiger partial charge is 0.296 e. The van der Waals surface area contributed by atoms with E-state index in [1.54, 1.807) is 0 Å². The van der Waals surface area contributed by atoms with Gasteiger partial charge >= 0.3 is 12.4 Å². The maximum atomic E-state index is 13.0. The molecule has 10 heteroatoms. The zero-order valence-electron chi connectivity index (χ0n) is 12.6. The van der Waals surface area contributed by atoms with Gasteiger partial charge in [0, 0.05) is 11.8 Å². The number of pyridine rings is 1. The van der Waals surface area contributed by atoms with E-state index in [1.807, 2.05) is 0 Å². The molecule has 26 heavy (non-hydrogen) atoms. The molecule has 0 aliphatic rings. The van der Waals surface area contributed by atoms with Gasteiger partial charge in [-0.25, -0.2) is 4.98 Å². The first-order valence-corrected chi connectivity index (χ1v) is 7.37. The molecule has 0 N–H and O–H groups in total. The molecule has 0 fully saturated rings. The van der Waals surface area contributed by atoms with Crippen molar-refractivity contribution in [2.75, 3.05) is 0 Å². The topological polar surface area (TPSA) is 30.7 Å². The lowest BCUT2D eigenvalue weighted by Gasteiger charge is -2.15. The van der Waals surface area contributed by atoms with Crippen LogP contribution in [0.4, 0.5) is 26.3 Å². The summed E-state index contributed by atoms with van der Waals surface area (Å²) in [7, 11) is 0. The van der Waals surface area contributed by atoms with Crippen molar-refractivity contribution < 1.29 is 26.3 Å². The number of hydrogen-bond donors (Lipinski definition) is 0. The molecule has 0 aliphatic carbocycles. The van der Waals surface area contributed by atoms with Crippen LogP contribution in [-0.2, 0) is 12.4 Å². The quantitative estimate of drug-likeness (QED) is 0.530. The fraction of sp³-hybridized carbons (Fsp3) is 0.125. The molecule has 0 radical (unpaired) electrons. The van der Waals surface area contributed by atoms with Gasteiger partial charge < -0.3 is 0 Å². The van der Waals surface area contributed by atoms with Gasteiger partial charge in [0.15, 0.2) is 0 Å². The lowest BCUT2D eigenvalue weighted by molar-refractivity contribution is -0.143. The monoisotopic (exact) mass is 391 g/mol. The van der Waals surface area contributed by atoms with Crippen molar-refractivity contribution in [3.8, 4) is 16.9 Å². The highest BCUT2D eigenvalue weighted by atomic mass is 35.5. The van der Waals surface area contributed by atoms with E-state index < -0.39 is 23.5 Å². The van der Waals surface area contributed by atoms with Crippen LogP contribution in [0.5, 0.6) is 0 Å². The Balaban J connectivity index is 2.23. The molecule has 3 rings (SSSR count). The molecule has 136 valence electrons. The second kappa shape index (κ2) is 6.31. The van der Waals surface area contributed by atoms with E-state index in [-0.39, 0.29) is 28.0 Å². The Kier molecular flexibility index (Phi) is 4.43. The number of imidazole rings is 1. The Bertz CT molecular complexity index is 913. The zero-order chi connectivity index (χ0) is 19.1. The SMILES string of the molecule is FC(F)(F)c1cc(-c2cncn2-c2cnccc2Cl)cc(C(F)(F)F)c1. The summed E-state index contributed by atoms with van der Waals surface area (Å²) in [5, 5.41) is 0.210. The fourth-order valence-electron chi connectivity index (χ4n) is 2.35.